The normalized spacial score (nSPS) is 22.4. The van der Waals surface area contributed by atoms with Gasteiger partial charge in [-0.1, -0.05) is 0 Å². The summed E-state index contributed by atoms with van der Waals surface area (Å²) in [7, 11) is 0. The maximum atomic E-state index is 5.46. The highest BCUT2D eigenvalue weighted by molar-refractivity contribution is 4.87. The van der Waals surface area contributed by atoms with Gasteiger partial charge in [0.2, 0.25) is 0 Å². The zero-order valence-corrected chi connectivity index (χ0v) is 7.94. The molecule has 2 rings (SSSR count). The van der Waals surface area contributed by atoms with Gasteiger partial charge in [0.15, 0.2) is 6.39 Å². The van der Waals surface area contributed by atoms with Crippen LogP contribution in [0.2, 0.25) is 0 Å². The van der Waals surface area contributed by atoms with Gasteiger partial charge in [-0.15, -0.1) is 0 Å². The molecule has 1 aliphatic rings. The molecule has 1 fully saturated rings. The topological polar surface area (TPSA) is 56.5 Å². The number of ether oxygens (including phenoxy) is 2. The second-order valence-electron chi connectivity index (χ2n) is 3.17. The van der Waals surface area contributed by atoms with E-state index in [0.717, 1.165) is 12.3 Å². The van der Waals surface area contributed by atoms with Gasteiger partial charge >= 0.3 is 0 Å². The van der Waals surface area contributed by atoms with E-state index in [2.05, 4.69) is 10.3 Å². The lowest BCUT2D eigenvalue weighted by Crippen LogP contribution is -2.37. The molecule has 1 atom stereocenters. The van der Waals surface area contributed by atoms with E-state index in [-0.39, 0.29) is 6.10 Å². The Kier molecular flexibility index (Phi) is 3.50. The molecule has 1 N–H and O–H groups in total. The molecule has 5 nitrogen and oxygen atoms in total. The molecule has 1 aromatic rings. The molecule has 0 spiro atoms. The first-order chi connectivity index (χ1) is 6.95. The van der Waals surface area contributed by atoms with Crippen molar-refractivity contribution in [2.45, 2.75) is 12.6 Å². The summed E-state index contributed by atoms with van der Waals surface area (Å²) in [6, 6.07) is 0. The quantitative estimate of drug-likeness (QED) is 0.748. The summed E-state index contributed by atoms with van der Waals surface area (Å²) in [5.74, 6) is 0.835. The lowest BCUT2D eigenvalue weighted by atomic mass is 10.3. The van der Waals surface area contributed by atoms with E-state index in [1.54, 1.807) is 6.20 Å². The van der Waals surface area contributed by atoms with Crippen molar-refractivity contribution in [2.24, 2.45) is 0 Å². The predicted octanol–water partition coefficient (Wildman–Crippen LogP) is 0.180. The number of nitrogens with one attached hydrogen (secondary N) is 1. The molecule has 1 unspecified atom stereocenters. The summed E-state index contributed by atoms with van der Waals surface area (Å²) in [6.45, 7) is 3.53. The summed E-state index contributed by atoms with van der Waals surface area (Å²) in [6.07, 6.45) is 3.29. The van der Waals surface area contributed by atoms with Crippen molar-refractivity contribution in [3.8, 4) is 0 Å². The SMILES string of the molecule is c1ncc(CNCC2COCCO2)o1. The molecule has 5 heteroatoms. The van der Waals surface area contributed by atoms with E-state index in [1.165, 1.54) is 6.39 Å². The van der Waals surface area contributed by atoms with Crippen molar-refractivity contribution in [2.75, 3.05) is 26.4 Å². The van der Waals surface area contributed by atoms with E-state index in [0.29, 0.717) is 26.4 Å². The van der Waals surface area contributed by atoms with Crippen LogP contribution in [0.5, 0.6) is 0 Å². The highest BCUT2D eigenvalue weighted by Crippen LogP contribution is 2.00. The van der Waals surface area contributed by atoms with Gasteiger partial charge in [-0.2, -0.15) is 0 Å². The molecule has 0 aliphatic carbocycles. The fraction of sp³-hybridized carbons (Fsp3) is 0.667. The minimum absolute atomic E-state index is 0.159. The largest absolute Gasteiger partial charge is 0.447 e. The van der Waals surface area contributed by atoms with Crippen LogP contribution < -0.4 is 5.32 Å². The number of oxazole rings is 1. The highest BCUT2D eigenvalue weighted by Gasteiger charge is 2.13. The maximum absolute atomic E-state index is 5.46. The Morgan fingerprint density at radius 2 is 2.50 bits per heavy atom. The second kappa shape index (κ2) is 5.09. The molecule has 0 radical (unpaired) electrons. The van der Waals surface area contributed by atoms with Gasteiger partial charge in [-0.05, 0) is 0 Å². The van der Waals surface area contributed by atoms with Gasteiger partial charge in [0.05, 0.1) is 38.7 Å². The highest BCUT2D eigenvalue weighted by atomic mass is 16.6. The molecule has 0 saturated carbocycles. The Hall–Kier alpha value is -0.910. The molecule has 2 heterocycles. The van der Waals surface area contributed by atoms with Crippen molar-refractivity contribution in [3.05, 3.63) is 18.4 Å². The van der Waals surface area contributed by atoms with Gasteiger partial charge in [-0.3, -0.25) is 0 Å². The lowest BCUT2D eigenvalue weighted by molar-refractivity contribution is -0.0865. The molecule has 0 aromatic carbocycles. The molecular formula is C9H14N2O3. The van der Waals surface area contributed by atoms with E-state index in [1.807, 2.05) is 0 Å². The Bertz CT molecular complexity index is 245. The molecule has 14 heavy (non-hydrogen) atoms. The van der Waals surface area contributed by atoms with Crippen molar-refractivity contribution >= 4 is 0 Å². The van der Waals surface area contributed by atoms with Crippen LogP contribution in [0.3, 0.4) is 0 Å². The Balaban J connectivity index is 1.62. The maximum Gasteiger partial charge on any atom is 0.180 e. The fourth-order valence-corrected chi connectivity index (χ4v) is 1.34. The van der Waals surface area contributed by atoms with Gasteiger partial charge in [0.1, 0.15) is 5.76 Å². The Morgan fingerprint density at radius 1 is 1.50 bits per heavy atom. The number of hydrogen-bond acceptors (Lipinski definition) is 5. The third-order valence-electron chi connectivity index (χ3n) is 2.04. The van der Waals surface area contributed by atoms with Crippen LogP contribution in [0.25, 0.3) is 0 Å². The van der Waals surface area contributed by atoms with E-state index < -0.39 is 0 Å². The van der Waals surface area contributed by atoms with Crippen LogP contribution in [0.15, 0.2) is 17.0 Å². The fourth-order valence-electron chi connectivity index (χ4n) is 1.34. The first kappa shape index (κ1) is 9.64. The standard InChI is InChI=1S/C9H14N2O3/c1-2-13-9(6-12-1)5-10-3-8-4-11-7-14-8/h4,7,9-10H,1-3,5-6H2. The average molecular weight is 198 g/mol. The summed E-state index contributed by atoms with van der Waals surface area (Å²) < 4.78 is 15.8. The van der Waals surface area contributed by atoms with Crippen molar-refractivity contribution in [1.29, 1.82) is 0 Å². The minimum atomic E-state index is 0.159. The van der Waals surface area contributed by atoms with Gasteiger partial charge in [0, 0.05) is 6.54 Å². The zero-order valence-electron chi connectivity index (χ0n) is 7.94. The molecule has 0 amide bonds. The molecular weight excluding hydrogens is 184 g/mol. The number of aromatic nitrogens is 1. The third kappa shape index (κ3) is 2.80. The number of nitrogens with zero attached hydrogens (tertiary/aromatic N) is 1. The van der Waals surface area contributed by atoms with Crippen LogP contribution >= 0.6 is 0 Å². The predicted molar refractivity (Wildman–Crippen MR) is 48.8 cm³/mol. The van der Waals surface area contributed by atoms with Gasteiger partial charge in [0.25, 0.3) is 0 Å². The summed E-state index contributed by atoms with van der Waals surface area (Å²) >= 11 is 0. The summed E-state index contributed by atoms with van der Waals surface area (Å²) in [5.41, 5.74) is 0. The third-order valence-corrected chi connectivity index (χ3v) is 2.04. The molecule has 0 bridgehead atoms. The molecule has 1 saturated heterocycles. The van der Waals surface area contributed by atoms with E-state index in [4.69, 9.17) is 13.9 Å². The van der Waals surface area contributed by atoms with E-state index in [9.17, 15) is 0 Å². The van der Waals surface area contributed by atoms with Crippen LogP contribution in [0.1, 0.15) is 5.76 Å². The van der Waals surface area contributed by atoms with Crippen molar-refractivity contribution in [1.82, 2.24) is 10.3 Å². The lowest BCUT2D eigenvalue weighted by Gasteiger charge is -2.22. The Morgan fingerprint density at radius 3 is 3.21 bits per heavy atom. The summed E-state index contributed by atoms with van der Waals surface area (Å²) in [4.78, 5) is 3.82. The van der Waals surface area contributed by atoms with Gasteiger partial charge < -0.3 is 19.2 Å². The number of hydrogen-bond donors (Lipinski definition) is 1. The van der Waals surface area contributed by atoms with Crippen molar-refractivity contribution in [3.63, 3.8) is 0 Å². The number of rotatable bonds is 4. The average Bonchev–Trinajstić information content (AvgIpc) is 2.72. The van der Waals surface area contributed by atoms with Gasteiger partial charge in [-0.25, -0.2) is 4.98 Å². The molecule has 1 aliphatic heterocycles. The first-order valence-electron chi connectivity index (χ1n) is 4.72. The zero-order chi connectivity index (χ0) is 9.64. The Labute approximate surface area is 82.4 Å². The van der Waals surface area contributed by atoms with Crippen LogP contribution in [-0.4, -0.2) is 37.5 Å². The summed E-state index contributed by atoms with van der Waals surface area (Å²) in [5, 5.41) is 3.22. The molecule has 1 aromatic heterocycles. The smallest absolute Gasteiger partial charge is 0.180 e. The van der Waals surface area contributed by atoms with Crippen molar-refractivity contribution < 1.29 is 13.9 Å². The van der Waals surface area contributed by atoms with Crippen LogP contribution in [0, 0.1) is 0 Å². The van der Waals surface area contributed by atoms with Crippen LogP contribution in [-0.2, 0) is 16.0 Å². The van der Waals surface area contributed by atoms with Crippen LogP contribution in [0.4, 0.5) is 0 Å². The second-order valence-corrected chi connectivity index (χ2v) is 3.17. The molecule has 78 valence electrons. The monoisotopic (exact) mass is 198 g/mol. The minimum Gasteiger partial charge on any atom is -0.447 e. The first-order valence-corrected chi connectivity index (χ1v) is 4.72. The van der Waals surface area contributed by atoms with E-state index >= 15 is 0 Å².